The summed E-state index contributed by atoms with van der Waals surface area (Å²) in [6.07, 6.45) is 0. The van der Waals surface area contributed by atoms with Crippen molar-refractivity contribution in [3.63, 3.8) is 0 Å². The number of rotatable bonds is 5. The molecule has 0 aromatic heterocycles. The number of para-hydroxylation sites is 1. The highest BCUT2D eigenvalue weighted by atomic mass is 35.5. The first-order valence-corrected chi connectivity index (χ1v) is 10.2. The number of nitrogens with one attached hydrogen (secondary N) is 3. The third-order valence-corrected chi connectivity index (χ3v) is 5.81. The molecule has 0 radical (unpaired) electrons. The summed E-state index contributed by atoms with van der Waals surface area (Å²) < 4.78 is 15.5. The Morgan fingerprint density at radius 2 is 1.50 bits per heavy atom. The van der Waals surface area contributed by atoms with E-state index in [-0.39, 0.29) is 6.03 Å². The molecule has 144 valence electrons. The smallest absolute Gasteiger partial charge is 0.308 e. The lowest BCUT2D eigenvalue weighted by Crippen LogP contribution is -2.19. The Hall–Kier alpha value is -2.54. The van der Waals surface area contributed by atoms with Crippen molar-refractivity contribution in [3.05, 3.63) is 82.3 Å². The van der Waals surface area contributed by atoms with E-state index in [9.17, 15) is 9.00 Å². The van der Waals surface area contributed by atoms with Gasteiger partial charge in [0, 0.05) is 17.1 Å². The molecule has 0 heterocycles. The second kappa shape index (κ2) is 9.10. The van der Waals surface area contributed by atoms with Gasteiger partial charge in [-0.3, -0.25) is 0 Å². The van der Waals surface area contributed by atoms with Crippen LogP contribution in [-0.2, 0) is 11.0 Å². The summed E-state index contributed by atoms with van der Waals surface area (Å²) in [6, 6.07) is 18.9. The summed E-state index contributed by atoms with van der Waals surface area (Å²) in [7, 11) is -1.49. The van der Waals surface area contributed by atoms with Gasteiger partial charge in [-0.25, -0.2) is 9.00 Å². The molecule has 3 aromatic rings. The molecule has 0 saturated carbocycles. The first-order chi connectivity index (χ1) is 13.4. The van der Waals surface area contributed by atoms with E-state index in [2.05, 4.69) is 15.4 Å². The maximum absolute atomic E-state index is 12.6. The van der Waals surface area contributed by atoms with E-state index in [0.29, 0.717) is 32.0 Å². The highest BCUT2D eigenvalue weighted by Crippen LogP contribution is 2.26. The van der Waals surface area contributed by atoms with Crippen LogP contribution in [0.25, 0.3) is 0 Å². The molecule has 0 aliphatic carbocycles. The Morgan fingerprint density at radius 3 is 2.18 bits per heavy atom. The average molecular weight is 434 g/mol. The Kier molecular flexibility index (Phi) is 6.57. The molecular weight excluding hydrogens is 417 g/mol. The third-order valence-electron chi connectivity index (χ3n) is 3.79. The SMILES string of the molecule is Cc1cc(NC(=O)Nc2ccccc2)ccc1S(=O)Nc1ccc(Cl)c(Cl)c1. The molecule has 1 atom stereocenters. The number of hydrogen-bond acceptors (Lipinski definition) is 2. The third kappa shape index (κ3) is 5.25. The fourth-order valence-electron chi connectivity index (χ4n) is 2.47. The molecule has 28 heavy (non-hydrogen) atoms. The Bertz CT molecular complexity index is 1030. The minimum atomic E-state index is -1.49. The van der Waals surface area contributed by atoms with Crippen LogP contribution < -0.4 is 15.4 Å². The molecule has 0 saturated heterocycles. The lowest BCUT2D eigenvalue weighted by atomic mass is 10.2. The van der Waals surface area contributed by atoms with Crippen LogP contribution in [0.3, 0.4) is 0 Å². The lowest BCUT2D eigenvalue weighted by Gasteiger charge is -2.12. The fraction of sp³-hybridized carbons (Fsp3) is 0.0500. The summed E-state index contributed by atoms with van der Waals surface area (Å²) >= 11 is 11.9. The molecule has 3 N–H and O–H groups in total. The molecule has 2 amide bonds. The molecule has 0 fully saturated rings. The van der Waals surface area contributed by atoms with Crippen LogP contribution in [0.15, 0.2) is 71.6 Å². The summed E-state index contributed by atoms with van der Waals surface area (Å²) in [5.74, 6) is 0. The number of aryl methyl sites for hydroxylation is 1. The van der Waals surface area contributed by atoms with Crippen molar-refractivity contribution in [2.24, 2.45) is 0 Å². The van der Waals surface area contributed by atoms with Crippen molar-refractivity contribution in [3.8, 4) is 0 Å². The predicted octanol–water partition coefficient (Wildman–Crippen LogP) is 6.08. The molecule has 8 heteroatoms. The maximum atomic E-state index is 12.6. The first kappa shape index (κ1) is 20.2. The van der Waals surface area contributed by atoms with Gasteiger partial charge >= 0.3 is 6.03 Å². The van der Waals surface area contributed by atoms with E-state index >= 15 is 0 Å². The normalized spacial score (nSPS) is 11.5. The van der Waals surface area contributed by atoms with Crippen LogP contribution in [0.1, 0.15) is 5.56 Å². The zero-order valence-electron chi connectivity index (χ0n) is 14.8. The van der Waals surface area contributed by atoms with Crippen molar-refractivity contribution in [1.82, 2.24) is 0 Å². The number of benzene rings is 3. The molecule has 3 rings (SSSR count). The Morgan fingerprint density at radius 1 is 0.821 bits per heavy atom. The van der Waals surface area contributed by atoms with Crippen LogP contribution in [-0.4, -0.2) is 10.2 Å². The monoisotopic (exact) mass is 433 g/mol. The van der Waals surface area contributed by atoms with Crippen molar-refractivity contribution in [2.75, 3.05) is 15.4 Å². The van der Waals surface area contributed by atoms with E-state index in [1.807, 2.05) is 25.1 Å². The van der Waals surface area contributed by atoms with Crippen LogP contribution in [0.4, 0.5) is 21.9 Å². The van der Waals surface area contributed by atoms with Crippen LogP contribution >= 0.6 is 23.2 Å². The summed E-state index contributed by atoms with van der Waals surface area (Å²) in [5, 5.41) is 6.31. The standard InChI is InChI=1S/C20H17Cl2N3O2S/c1-13-11-15(24-20(26)23-14-5-3-2-4-6-14)8-10-19(13)28(27)25-16-7-9-17(21)18(22)12-16/h2-12,25H,1H3,(H2,23,24,26). The number of carbonyl (C=O) groups excluding carboxylic acids is 1. The van der Waals surface area contributed by atoms with Gasteiger partial charge in [-0.1, -0.05) is 41.4 Å². The van der Waals surface area contributed by atoms with Gasteiger partial charge in [0.2, 0.25) is 0 Å². The highest BCUT2D eigenvalue weighted by molar-refractivity contribution is 7.86. The number of halogens is 2. The van der Waals surface area contributed by atoms with Crippen molar-refractivity contribution in [1.29, 1.82) is 0 Å². The number of hydrogen-bond donors (Lipinski definition) is 3. The minimum absolute atomic E-state index is 0.353. The largest absolute Gasteiger partial charge is 0.323 e. The lowest BCUT2D eigenvalue weighted by molar-refractivity contribution is 0.262. The van der Waals surface area contributed by atoms with Gasteiger partial charge in [0.05, 0.1) is 14.9 Å². The fourth-order valence-corrected chi connectivity index (χ4v) is 3.76. The van der Waals surface area contributed by atoms with Gasteiger partial charge < -0.3 is 15.4 Å². The summed E-state index contributed by atoms with van der Waals surface area (Å²) in [6.45, 7) is 1.82. The van der Waals surface area contributed by atoms with Crippen LogP contribution in [0, 0.1) is 6.92 Å². The minimum Gasteiger partial charge on any atom is -0.308 e. The average Bonchev–Trinajstić information content (AvgIpc) is 2.65. The van der Waals surface area contributed by atoms with Gasteiger partial charge in [0.15, 0.2) is 11.0 Å². The molecule has 0 aliphatic heterocycles. The topological polar surface area (TPSA) is 70.2 Å². The van der Waals surface area contributed by atoms with Gasteiger partial charge in [-0.15, -0.1) is 0 Å². The van der Waals surface area contributed by atoms with E-state index in [1.165, 1.54) is 0 Å². The van der Waals surface area contributed by atoms with Crippen molar-refractivity contribution in [2.45, 2.75) is 11.8 Å². The molecule has 0 aliphatic rings. The molecule has 0 spiro atoms. The maximum Gasteiger partial charge on any atom is 0.323 e. The molecule has 5 nitrogen and oxygen atoms in total. The summed E-state index contributed by atoms with van der Waals surface area (Å²) in [5.41, 5.74) is 2.65. The number of amides is 2. The number of anilines is 3. The van der Waals surface area contributed by atoms with E-state index in [1.54, 1.807) is 48.5 Å². The van der Waals surface area contributed by atoms with Crippen LogP contribution in [0.2, 0.25) is 10.0 Å². The molecular formula is C20H17Cl2N3O2S. The first-order valence-electron chi connectivity index (χ1n) is 8.29. The van der Waals surface area contributed by atoms with Crippen molar-refractivity contribution >= 4 is 57.3 Å². The zero-order valence-corrected chi connectivity index (χ0v) is 17.2. The second-order valence-corrected chi connectivity index (χ2v) is 7.92. The Balaban J connectivity index is 1.66. The molecule has 1 unspecified atom stereocenters. The molecule has 0 bridgehead atoms. The van der Waals surface area contributed by atoms with E-state index in [4.69, 9.17) is 23.2 Å². The van der Waals surface area contributed by atoms with Crippen molar-refractivity contribution < 1.29 is 9.00 Å². The number of urea groups is 1. The highest BCUT2D eigenvalue weighted by Gasteiger charge is 2.11. The quantitative estimate of drug-likeness (QED) is 0.456. The number of carbonyl (C=O) groups is 1. The van der Waals surface area contributed by atoms with Gasteiger partial charge in [0.1, 0.15) is 0 Å². The van der Waals surface area contributed by atoms with E-state index < -0.39 is 11.0 Å². The van der Waals surface area contributed by atoms with E-state index in [0.717, 1.165) is 5.56 Å². The summed E-state index contributed by atoms with van der Waals surface area (Å²) in [4.78, 5) is 12.7. The van der Waals surface area contributed by atoms with Gasteiger partial charge in [0.25, 0.3) is 0 Å². The Labute approximate surface area is 175 Å². The zero-order chi connectivity index (χ0) is 20.1. The van der Waals surface area contributed by atoms with Gasteiger partial charge in [-0.2, -0.15) is 0 Å². The second-order valence-electron chi connectivity index (χ2n) is 5.93. The van der Waals surface area contributed by atoms with Crippen LogP contribution in [0.5, 0.6) is 0 Å². The van der Waals surface area contributed by atoms with Gasteiger partial charge in [-0.05, 0) is 61.0 Å². The molecule has 3 aromatic carbocycles. The predicted molar refractivity (Wildman–Crippen MR) is 117 cm³/mol.